The molecule has 226 valence electrons. The molecule has 0 atom stereocenters. The van der Waals surface area contributed by atoms with Gasteiger partial charge in [0.25, 0.3) is 0 Å². The van der Waals surface area contributed by atoms with Gasteiger partial charge in [0.1, 0.15) is 0 Å². The van der Waals surface area contributed by atoms with Gasteiger partial charge >= 0.3 is 5.97 Å². The number of carbonyl (C=O) groups is 1. The standard InChI is InChI=1S/C37H46N4O2/c42-37(43)19-15-13-11-9-7-5-3-1-2-4-6-8-10-12-14-17-30-20-21-33(39-30)28-34-24-25-36(41-34)29-35-23-22-32(40-35)27-31-18-16-26-38-31/h1,3,16,18,20-29,39H,2,4-15,17,19H2,(H,42,43)/b3-1-,31-27-,34-28+,35-29+. The molecule has 0 radical (unpaired) electrons. The fraction of sp³-hybridized carbons (Fsp3) is 0.405. The van der Waals surface area contributed by atoms with Crippen LogP contribution in [-0.2, 0) is 11.2 Å². The number of carboxylic acid groups (broad SMARTS) is 1. The number of aliphatic carboxylic acids is 1. The summed E-state index contributed by atoms with van der Waals surface area (Å²) in [5, 5.41) is 8.64. The maximum absolute atomic E-state index is 10.5. The lowest BCUT2D eigenvalue weighted by molar-refractivity contribution is -0.137. The van der Waals surface area contributed by atoms with Gasteiger partial charge in [-0.1, -0.05) is 57.1 Å². The largest absolute Gasteiger partial charge is 0.481 e. The third-order valence-corrected chi connectivity index (χ3v) is 7.60. The van der Waals surface area contributed by atoms with Crippen molar-refractivity contribution in [2.45, 2.75) is 96.3 Å². The molecule has 1 aromatic rings. The number of hydrogen-bond acceptors (Lipinski definition) is 4. The van der Waals surface area contributed by atoms with Crippen molar-refractivity contribution in [2.75, 3.05) is 0 Å². The van der Waals surface area contributed by atoms with Crippen LogP contribution in [0.2, 0.25) is 0 Å². The van der Waals surface area contributed by atoms with Crippen LogP contribution in [0.5, 0.6) is 0 Å². The molecule has 0 unspecified atom stereocenters. The van der Waals surface area contributed by atoms with Crippen molar-refractivity contribution in [3.63, 3.8) is 0 Å². The van der Waals surface area contributed by atoms with Crippen LogP contribution in [0.3, 0.4) is 0 Å². The zero-order chi connectivity index (χ0) is 30.0. The molecular formula is C37H46N4O2. The van der Waals surface area contributed by atoms with Gasteiger partial charge in [-0.3, -0.25) is 9.79 Å². The van der Waals surface area contributed by atoms with Crippen molar-refractivity contribution in [1.29, 1.82) is 0 Å². The molecule has 3 aliphatic heterocycles. The molecule has 0 amide bonds. The van der Waals surface area contributed by atoms with E-state index in [4.69, 9.17) is 10.1 Å². The van der Waals surface area contributed by atoms with Crippen molar-refractivity contribution in [1.82, 2.24) is 4.98 Å². The Morgan fingerprint density at radius 2 is 1.28 bits per heavy atom. The third-order valence-electron chi connectivity index (χ3n) is 7.60. The second-order valence-corrected chi connectivity index (χ2v) is 11.4. The smallest absolute Gasteiger partial charge is 0.303 e. The lowest BCUT2D eigenvalue weighted by Gasteiger charge is -2.01. The van der Waals surface area contributed by atoms with E-state index in [1.54, 1.807) is 6.21 Å². The molecule has 4 rings (SSSR count). The van der Waals surface area contributed by atoms with E-state index in [-0.39, 0.29) is 0 Å². The SMILES string of the molecule is O=C(O)CCCCCCC/C=C\CCCCCCCCc1ccc(/C=C2\C=CC(/C=C3\C=CC(/C=C4/C=CC=N4)=N3)=N2)[nH]1. The minimum atomic E-state index is -0.676. The Morgan fingerprint density at radius 3 is 1.93 bits per heavy atom. The minimum absolute atomic E-state index is 0.312. The number of carboxylic acids is 1. The molecule has 1 aromatic heterocycles. The highest BCUT2D eigenvalue weighted by Crippen LogP contribution is 2.19. The Hall–Kier alpha value is -4.06. The number of hydrogen-bond donors (Lipinski definition) is 2. The Labute approximate surface area is 256 Å². The molecule has 2 N–H and O–H groups in total. The summed E-state index contributed by atoms with van der Waals surface area (Å²) in [6.07, 6.45) is 41.4. The van der Waals surface area contributed by atoms with E-state index >= 15 is 0 Å². The second kappa shape index (κ2) is 18.5. The van der Waals surface area contributed by atoms with Crippen molar-refractivity contribution in [3.8, 4) is 0 Å². The Bertz CT molecular complexity index is 1360. The average molecular weight is 579 g/mol. The van der Waals surface area contributed by atoms with Crippen LogP contribution in [0, 0.1) is 0 Å². The predicted molar refractivity (Wildman–Crippen MR) is 181 cm³/mol. The molecule has 0 fully saturated rings. The highest BCUT2D eigenvalue weighted by molar-refractivity contribution is 6.11. The first-order valence-corrected chi connectivity index (χ1v) is 16.1. The number of allylic oxidation sites excluding steroid dienone is 10. The van der Waals surface area contributed by atoms with Crippen LogP contribution < -0.4 is 0 Å². The summed E-state index contributed by atoms with van der Waals surface area (Å²) in [5.41, 5.74) is 6.95. The summed E-state index contributed by atoms with van der Waals surface area (Å²) < 4.78 is 0. The number of aromatic amines is 1. The van der Waals surface area contributed by atoms with Crippen LogP contribution >= 0.6 is 0 Å². The van der Waals surface area contributed by atoms with E-state index in [1.165, 1.54) is 63.5 Å². The van der Waals surface area contributed by atoms with Crippen LogP contribution in [0.4, 0.5) is 0 Å². The zero-order valence-electron chi connectivity index (χ0n) is 25.4. The first-order valence-electron chi connectivity index (χ1n) is 16.1. The second-order valence-electron chi connectivity index (χ2n) is 11.4. The first-order chi connectivity index (χ1) is 21.1. The molecule has 0 bridgehead atoms. The fourth-order valence-electron chi connectivity index (χ4n) is 5.25. The van der Waals surface area contributed by atoms with Gasteiger partial charge in [-0.2, -0.15) is 0 Å². The highest BCUT2D eigenvalue weighted by Gasteiger charge is 2.08. The number of nitrogens with zero attached hydrogens (tertiary/aromatic N) is 3. The normalized spacial score (nSPS) is 18.4. The monoisotopic (exact) mass is 578 g/mol. The molecule has 0 aliphatic carbocycles. The summed E-state index contributed by atoms with van der Waals surface area (Å²) in [6.45, 7) is 0. The third kappa shape index (κ3) is 12.8. The summed E-state index contributed by atoms with van der Waals surface area (Å²) >= 11 is 0. The van der Waals surface area contributed by atoms with Crippen molar-refractivity contribution < 1.29 is 9.90 Å². The number of aromatic nitrogens is 1. The Morgan fingerprint density at radius 1 is 0.674 bits per heavy atom. The number of unbranched alkanes of at least 4 members (excludes halogenated alkanes) is 11. The van der Waals surface area contributed by atoms with E-state index < -0.39 is 5.97 Å². The average Bonchev–Trinajstić information content (AvgIpc) is 3.81. The van der Waals surface area contributed by atoms with Crippen LogP contribution in [-0.4, -0.2) is 33.7 Å². The summed E-state index contributed by atoms with van der Waals surface area (Å²) in [4.78, 5) is 27.7. The van der Waals surface area contributed by atoms with E-state index in [9.17, 15) is 4.79 Å². The van der Waals surface area contributed by atoms with Crippen LogP contribution in [0.1, 0.15) is 101 Å². The molecular weight excluding hydrogens is 532 g/mol. The molecule has 43 heavy (non-hydrogen) atoms. The number of aliphatic imine (C=N–C) groups is 3. The van der Waals surface area contributed by atoms with Crippen molar-refractivity contribution in [2.24, 2.45) is 15.0 Å². The molecule has 6 nitrogen and oxygen atoms in total. The lowest BCUT2D eigenvalue weighted by atomic mass is 10.1. The van der Waals surface area contributed by atoms with Crippen LogP contribution in [0.25, 0.3) is 6.08 Å². The van der Waals surface area contributed by atoms with Gasteiger partial charge in [-0.15, -0.1) is 0 Å². The number of aryl methyl sites for hydroxylation is 1. The summed E-state index contributed by atoms with van der Waals surface area (Å²) in [6, 6.07) is 4.34. The van der Waals surface area contributed by atoms with Gasteiger partial charge in [0.2, 0.25) is 0 Å². The topological polar surface area (TPSA) is 90.2 Å². The van der Waals surface area contributed by atoms with Gasteiger partial charge in [0.15, 0.2) is 0 Å². The van der Waals surface area contributed by atoms with Crippen molar-refractivity contribution in [3.05, 3.63) is 101 Å². The number of rotatable bonds is 20. The number of nitrogens with one attached hydrogen (secondary N) is 1. The van der Waals surface area contributed by atoms with Gasteiger partial charge in [-0.05, 0) is 112 Å². The van der Waals surface area contributed by atoms with Gasteiger partial charge < -0.3 is 10.1 Å². The molecule has 4 heterocycles. The minimum Gasteiger partial charge on any atom is -0.481 e. The quantitative estimate of drug-likeness (QED) is 0.119. The lowest BCUT2D eigenvalue weighted by Crippen LogP contribution is -1.93. The summed E-state index contributed by atoms with van der Waals surface area (Å²) in [7, 11) is 0. The fourth-order valence-corrected chi connectivity index (χ4v) is 5.25. The molecule has 0 spiro atoms. The Kier molecular flexibility index (Phi) is 13.7. The highest BCUT2D eigenvalue weighted by atomic mass is 16.4. The number of H-pyrrole nitrogens is 1. The molecule has 3 aliphatic rings. The first kappa shape index (κ1) is 31.9. The van der Waals surface area contributed by atoms with Crippen LogP contribution in [0.15, 0.2) is 105 Å². The predicted octanol–water partition coefficient (Wildman–Crippen LogP) is 9.43. The maximum atomic E-state index is 10.5. The van der Waals surface area contributed by atoms with E-state index in [1.807, 2.05) is 48.6 Å². The molecule has 6 heteroatoms. The van der Waals surface area contributed by atoms with Gasteiger partial charge in [-0.25, -0.2) is 9.98 Å². The molecule has 0 saturated heterocycles. The zero-order valence-corrected chi connectivity index (χ0v) is 25.4. The van der Waals surface area contributed by atoms with Crippen molar-refractivity contribution >= 4 is 29.7 Å². The molecule has 0 aromatic carbocycles. The van der Waals surface area contributed by atoms with E-state index in [0.717, 1.165) is 66.3 Å². The van der Waals surface area contributed by atoms with E-state index in [0.29, 0.717) is 6.42 Å². The summed E-state index contributed by atoms with van der Waals surface area (Å²) in [5.74, 6) is -0.676. The molecule has 0 saturated carbocycles. The van der Waals surface area contributed by atoms with Gasteiger partial charge in [0, 0.05) is 24.0 Å². The van der Waals surface area contributed by atoms with E-state index in [2.05, 4.69) is 45.3 Å². The Balaban J connectivity index is 1.03. The maximum Gasteiger partial charge on any atom is 0.303 e. The van der Waals surface area contributed by atoms with Gasteiger partial charge in [0.05, 0.1) is 28.5 Å².